The summed E-state index contributed by atoms with van der Waals surface area (Å²) < 4.78 is 25.0. The highest BCUT2D eigenvalue weighted by molar-refractivity contribution is 5.94. The van der Waals surface area contributed by atoms with Crippen LogP contribution in [0.1, 0.15) is 37.9 Å². The third kappa shape index (κ3) is 4.62. The maximum atomic E-state index is 13.7. The second kappa shape index (κ2) is 8.61. The van der Waals surface area contributed by atoms with Gasteiger partial charge in [0.05, 0.1) is 6.04 Å². The topological polar surface area (TPSA) is 59.6 Å². The number of ether oxygens (including phenoxy) is 2. The summed E-state index contributed by atoms with van der Waals surface area (Å²) in [5.41, 5.74) is 2.02. The molecule has 0 aromatic heterocycles. The number of benzene rings is 2. The molecule has 1 heterocycles. The quantitative estimate of drug-likeness (QED) is 0.780. The first-order chi connectivity index (χ1) is 13.3. The van der Waals surface area contributed by atoms with Crippen LogP contribution in [0.4, 0.5) is 10.1 Å². The van der Waals surface area contributed by atoms with Gasteiger partial charge >= 0.3 is 0 Å². The van der Waals surface area contributed by atoms with Crippen molar-refractivity contribution in [2.24, 2.45) is 5.92 Å². The van der Waals surface area contributed by atoms with Gasteiger partial charge in [-0.15, -0.1) is 0 Å². The van der Waals surface area contributed by atoms with Crippen LogP contribution in [0, 0.1) is 18.7 Å². The molecule has 3 rings (SSSR count). The lowest BCUT2D eigenvalue weighted by Crippen LogP contribution is -2.41. The molecule has 2 aromatic carbocycles. The maximum absolute atomic E-state index is 13.7. The van der Waals surface area contributed by atoms with Gasteiger partial charge in [0.1, 0.15) is 19.0 Å². The van der Waals surface area contributed by atoms with Crippen molar-refractivity contribution in [2.45, 2.75) is 39.8 Å². The molecule has 2 atom stereocenters. The first-order valence-electron chi connectivity index (χ1n) is 9.57. The zero-order chi connectivity index (χ0) is 20.3. The molecule has 2 N–H and O–H groups in total. The zero-order valence-electron chi connectivity index (χ0n) is 16.7. The molecule has 0 unspecified atom stereocenters. The summed E-state index contributed by atoms with van der Waals surface area (Å²) in [4.78, 5) is 12.6. The second-order valence-corrected chi connectivity index (χ2v) is 7.47. The summed E-state index contributed by atoms with van der Waals surface area (Å²) in [7, 11) is 0. The standard InChI is InChI=1S/C22H27FN2O3/c1-13(2)21(16-6-8-19-20(11-16)28-10-9-27-19)24-15(4)22(26)25-17-7-5-14(3)18(23)12-17/h5-8,11-13,15,21,24H,9-10H2,1-4H3,(H,25,26)/t15-,21+/m0/s1. The van der Waals surface area contributed by atoms with Crippen LogP contribution in [0.3, 0.4) is 0 Å². The number of halogens is 1. The van der Waals surface area contributed by atoms with E-state index in [1.807, 2.05) is 18.2 Å². The smallest absolute Gasteiger partial charge is 0.241 e. The number of carbonyl (C=O) groups excluding carboxylic acids is 1. The SMILES string of the molecule is Cc1ccc(NC(=O)[C@H](C)N[C@@H](c2ccc3c(c2)OCCO3)C(C)C)cc1F. The average Bonchev–Trinajstić information content (AvgIpc) is 2.68. The van der Waals surface area contributed by atoms with Crippen LogP contribution in [-0.2, 0) is 4.79 Å². The van der Waals surface area contributed by atoms with Crippen LogP contribution in [-0.4, -0.2) is 25.2 Å². The highest BCUT2D eigenvalue weighted by atomic mass is 19.1. The van der Waals surface area contributed by atoms with E-state index in [0.717, 1.165) is 17.1 Å². The summed E-state index contributed by atoms with van der Waals surface area (Å²) in [5, 5.41) is 6.15. The van der Waals surface area contributed by atoms with Crippen molar-refractivity contribution in [3.05, 3.63) is 53.3 Å². The van der Waals surface area contributed by atoms with Gasteiger partial charge in [-0.1, -0.05) is 26.0 Å². The molecular formula is C22H27FN2O3. The summed E-state index contributed by atoms with van der Waals surface area (Å²) in [6, 6.07) is 10.0. The molecule has 1 amide bonds. The third-order valence-corrected chi connectivity index (χ3v) is 4.85. The van der Waals surface area contributed by atoms with Gasteiger partial charge in [0.2, 0.25) is 5.91 Å². The Morgan fingerprint density at radius 1 is 1.04 bits per heavy atom. The summed E-state index contributed by atoms with van der Waals surface area (Å²) >= 11 is 0. The molecule has 5 nitrogen and oxygen atoms in total. The Balaban J connectivity index is 1.71. The number of anilines is 1. The lowest BCUT2D eigenvalue weighted by Gasteiger charge is -2.28. The van der Waals surface area contributed by atoms with E-state index in [4.69, 9.17) is 9.47 Å². The molecule has 0 radical (unpaired) electrons. The molecule has 1 aliphatic heterocycles. The van der Waals surface area contributed by atoms with Crippen molar-refractivity contribution in [2.75, 3.05) is 18.5 Å². The number of carbonyl (C=O) groups is 1. The van der Waals surface area contributed by atoms with E-state index in [9.17, 15) is 9.18 Å². The van der Waals surface area contributed by atoms with Crippen LogP contribution >= 0.6 is 0 Å². The fraction of sp³-hybridized carbons (Fsp3) is 0.409. The first-order valence-corrected chi connectivity index (χ1v) is 9.57. The maximum Gasteiger partial charge on any atom is 0.241 e. The molecule has 0 bridgehead atoms. The van der Waals surface area contributed by atoms with E-state index in [0.29, 0.717) is 24.5 Å². The van der Waals surface area contributed by atoms with Crippen molar-refractivity contribution in [3.63, 3.8) is 0 Å². The molecule has 1 aliphatic rings. The Morgan fingerprint density at radius 2 is 1.75 bits per heavy atom. The van der Waals surface area contributed by atoms with Crippen molar-refractivity contribution >= 4 is 11.6 Å². The average molecular weight is 386 g/mol. The van der Waals surface area contributed by atoms with Gasteiger partial charge < -0.3 is 14.8 Å². The predicted octanol–water partition coefficient (Wildman–Crippen LogP) is 4.22. The first kappa shape index (κ1) is 20.1. The van der Waals surface area contributed by atoms with E-state index < -0.39 is 6.04 Å². The molecule has 0 saturated carbocycles. The molecule has 6 heteroatoms. The fourth-order valence-corrected chi connectivity index (χ4v) is 3.19. The number of hydrogen-bond acceptors (Lipinski definition) is 4. The number of aryl methyl sites for hydroxylation is 1. The number of rotatable bonds is 6. The predicted molar refractivity (Wildman–Crippen MR) is 107 cm³/mol. The van der Waals surface area contributed by atoms with Crippen LogP contribution in [0.2, 0.25) is 0 Å². The fourth-order valence-electron chi connectivity index (χ4n) is 3.19. The highest BCUT2D eigenvalue weighted by Gasteiger charge is 2.24. The summed E-state index contributed by atoms with van der Waals surface area (Å²) in [6.07, 6.45) is 0. The number of fused-ring (bicyclic) bond motifs is 1. The van der Waals surface area contributed by atoms with Crippen molar-refractivity contribution in [3.8, 4) is 11.5 Å². The number of nitrogens with one attached hydrogen (secondary N) is 2. The Bertz CT molecular complexity index is 854. The van der Waals surface area contributed by atoms with E-state index in [2.05, 4.69) is 24.5 Å². The third-order valence-electron chi connectivity index (χ3n) is 4.85. The van der Waals surface area contributed by atoms with Gasteiger partial charge in [-0.05, 0) is 55.2 Å². The molecule has 0 fully saturated rings. The van der Waals surface area contributed by atoms with Crippen molar-refractivity contribution in [1.29, 1.82) is 0 Å². The molecule has 150 valence electrons. The summed E-state index contributed by atoms with van der Waals surface area (Å²) in [5.74, 6) is 1.16. The van der Waals surface area contributed by atoms with E-state index in [-0.39, 0.29) is 23.7 Å². The largest absolute Gasteiger partial charge is 0.486 e. The lowest BCUT2D eigenvalue weighted by atomic mass is 9.94. The number of amides is 1. The minimum atomic E-state index is -0.468. The molecule has 0 saturated heterocycles. The lowest BCUT2D eigenvalue weighted by molar-refractivity contribution is -0.118. The minimum absolute atomic E-state index is 0.0497. The molecular weight excluding hydrogens is 359 g/mol. The highest BCUT2D eigenvalue weighted by Crippen LogP contribution is 2.34. The number of hydrogen-bond donors (Lipinski definition) is 2. The van der Waals surface area contributed by atoms with Gasteiger partial charge in [0, 0.05) is 11.7 Å². The van der Waals surface area contributed by atoms with Crippen LogP contribution in [0.15, 0.2) is 36.4 Å². The van der Waals surface area contributed by atoms with Gasteiger partial charge in [-0.2, -0.15) is 0 Å². The molecule has 0 aliphatic carbocycles. The van der Waals surface area contributed by atoms with Crippen LogP contribution in [0.5, 0.6) is 11.5 Å². The van der Waals surface area contributed by atoms with E-state index >= 15 is 0 Å². The van der Waals surface area contributed by atoms with Gasteiger partial charge in [0.25, 0.3) is 0 Å². The van der Waals surface area contributed by atoms with Crippen molar-refractivity contribution in [1.82, 2.24) is 5.32 Å². The minimum Gasteiger partial charge on any atom is -0.486 e. The monoisotopic (exact) mass is 386 g/mol. The molecule has 0 spiro atoms. The van der Waals surface area contributed by atoms with E-state index in [1.54, 1.807) is 26.0 Å². The Kier molecular flexibility index (Phi) is 6.19. The van der Waals surface area contributed by atoms with Gasteiger partial charge in [-0.25, -0.2) is 4.39 Å². The second-order valence-electron chi connectivity index (χ2n) is 7.47. The van der Waals surface area contributed by atoms with Crippen LogP contribution < -0.4 is 20.1 Å². The van der Waals surface area contributed by atoms with E-state index in [1.165, 1.54) is 6.07 Å². The molecule has 2 aromatic rings. The van der Waals surface area contributed by atoms with Crippen molar-refractivity contribution < 1.29 is 18.7 Å². The van der Waals surface area contributed by atoms with Crippen LogP contribution in [0.25, 0.3) is 0 Å². The molecule has 28 heavy (non-hydrogen) atoms. The summed E-state index contributed by atoms with van der Waals surface area (Å²) in [6.45, 7) is 8.75. The Hall–Kier alpha value is -2.60. The van der Waals surface area contributed by atoms with Gasteiger partial charge in [0.15, 0.2) is 11.5 Å². The zero-order valence-corrected chi connectivity index (χ0v) is 16.7. The Labute approximate surface area is 165 Å². The van der Waals surface area contributed by atoms with Gasteiger partial charge in [-0.3, -0.25) is 10.1 Å². The normalized spacial score (nSPS) is 15.2. The Morgan fingerprint density at radius 3 is 2.43 bits per heavy atom.